The van der Waals surface area contributed by atoms with Gasteiger partial charge in [0.15, 0.2) is 0 Å². The van der Waals surface area contributed by atoms with Crippen molar-refractivity contribution in [1.29, 1.82) is 0 Å². The van der Waals surface area contributed by atoms with Gasteiger partial charge in [-0.15, -0.1) is 0 Å². The molecule has 0 aliphatic carbocycles. The summed E-state index contributed by atoms with van der Waals surface area (Å²) in [6.07, 6.45) is 1.60. The van der Waals surface area contributed by atoms with Crippen LogP contribution in [-0.2, 0) is 6.54 Å². The molecule has 0 saturated carbocycles. The summed E-state index contributed by atoms with van der Waals surface area (Å²) < 4.78 is 10.4. The second kappa shape index (κ2) is 5.43. The Morgan fingerprint density at radius 2 is 2.32 bits per heavy atom. The molecular weight excluding hydrogens is 246 g/mol. The third-order valence-corrected chi connectivity index (χ3v) is 2.57. The first kappa shape index (κ1) is 12.9. The van der Waals surface area contributed by atoms with Crippen LogP contribution < -0.4 is 15.8 Å². The number of amides is 1. The number of benzene rings is 1. The van der Waals surface area contributed by atoms with Crippen LogP contribution in [0.2, 0.25) is 0 Å². The molecule has 2 aromatic rings. The summed E-state index contributed by atoms with van der Waals surface area (Å²) >= 11 is 0. The molecule has 0 radical (unpaired) electrons. The number of nitrogen functional groups attached to an aromatic ring is 1. The highest BCUT2D eigenvalue weighted by molar-refractivity contribution is 6.01. The summed E-state index contributed by atoms with van der Waals surface area (Å²) in [4.78, 5) is 16.1. The van der Waals surface area contributed by atoms with Gasteiger partial charge >= 0.3 is 0 Å². The van der Waals surface area contributed by atoms with Crippen molar-refractivity contribution in [3.63, 3.8) is 0 Å². The molecule has 0 fully saturated rings. The zero-order chi connectivity index (χ0) is 13.8. The second-order valence-electron chi connectivity index (χ2n) is 3.97. The molecule has 6 heteroatoms. The molecule has 1 aromatic carbocycles. The van der Waals surface area contributed by atoms with Gasteiger partial charge in [-0.1, -0.05) is 6.07 Å². The number of ether oxygens (including phenoxy) is 1. The van der Waals surface area contributed by atoms with Gasteiger partial charge in [-0.2, -0.15) is 0 Å². The Balaban J connectivity index is 2.12. The number of nitrogens with one attached hydrogen (secondary N) is 1. The van der Waals surface area contributed by atoms with E-state index in [1.54, 1.807) is 31.3 Å². The number of rotatable bonds is 4. The smallest absolute Gasteiger partial charge is 0.257 e. The lowest BCUT2D eigenvalue weighted by molar-refractivity contribution is 0.0945. The van der Waals surface area contributed by atoms with Crippen LogP contribution in [0.5, 0.6) is 5.75 Å². The summed E-state index contributed by atoms with van der Waals surface area (Å²) in [5.41, 5.74) is 6.47. The molecule has 2 rings (SSSR count). The molecule has 0 unspecified atom stereocenters. The first-order valence-corrected chi connectivity index (χ1v) is 5.74. The van der Waals surface area contributed by atoms with Gasteiger partial charge in [0.05, 0.1) is 19.9 Å². The number of carbonyl (C=O) groups is 1. The molecule has 1 amide bonds. The average molecular weight is 261 g/mol. The van der Waals surface area contributed by atoms with Gasteiger partial charge in [0, 0.05) is 5.69 Å². The predicted molar refractivity (Wildman–Crippen MR) is 69.8 cm³/mol. The van der Waals surface area contributed by atoms with Crippen molar-refractivity contribution in [3.8, 4) is 5.75 Å². The molecule has 0 saturated heterocycles. The molecule has 100 valence electrons. The standard InChI is InChI=1S/C13H15N3O3/c1-8-6-15-11(19-8)7-16-13(17)12-9(14)4-3-5-10(12)18-2/h3-6H,7,14H2,1-2H3,(H,16,17). The molecule has 0 atom stereocenters. The fraction of sp³-hybridized carbons (Fsp3) is 0.231. The van der Waals surface area contributed by atoms with Crippen molar-refractivity contribution in [2.24, 2.45) is 0 Å². The Labute approximate surface area is 110 Å². The van der Waals surface area contributed by atoms with Crippen molar-refractivity contribution >= 4 is 11.6 Å². The fourth-order valence-corrected chi connectivity index (χ4v) is 1.69. The summed E-state index contributed by atoms with van der Waals surface area (Å²) in [7, 11) is 1.49. The van der Waals surface area contributed by atoms with E-state index in [-0.39, 0.29) is 12.5 Å². The monoisotopic (exact) mass is 261 g/mol. The molecule has 3 N–H and O–H groups in total. The lowest BCUT2D eigenvalue weighted by Crippen LogP contribution is -2.24. The minimum atomic E-state index is -0.328. The van der Waals surface area contributed by atoms with Gasteiger partial charge in [0.25, 0.3) is 5.91 Å². The van der Waals surface area contributed by atoms with Crippen LogP contribution in [0, 0.1) is 6.92 Å². The largest absolute Gasteiger partial charge is 0.496 e. The topological polar surface area (TPSA) is 90.4 Å². The van der Waals surface area contributed by atoms with Crippen LogP contribution in [0.4, 0.5) is 5.69 Å². The van der Waals surface area contributed by atoms with Gasteiger partial charge in [-0.25, -0.2) is 4.98 Å². The van der Waals surface area contributed by atoms with Crippen LogP contribution in [0.3, 0.4) is 0 Å². The van der Waals surface area contributed by atoms with Crippen LogP contribution in [-0.4, -0.2) is 18.0 Å². The lowest BCUT2D eigenvalue weighted by Gasteiger charge is -2.10. The van der Waals surface area contributed by atoms with E-state index >= 15 is 0 Å². The van der Waals surface area contributed by atoms with Crippen molar-refractivity contribution in [2.75, 3.05) is 12.8 Å². The molecule has 1 heterocycles. The Bertz CT molecular complexity index is 593. The van der Waals surface area contributed by atoms with Gasteiger partial charge in [0.1, 0.15) is 17.1 Å². The van der Waals surface area contributed by atoms with Crippen LogP contribution in [0.25, 0.3) is 0 Å². The zero-order valence-electron chi connectivity index (χ0n) is 10.8. The number of aromatic nitrogens is 1. The third-order valence-electron chi connectivity index (χ3n) is 2.57. The predicted octanol–water partition coefficient (Wildman–Crippen LogP) is 1.50. The number of aryl methyl sites for hydroxylation is 1. The van der Waals surface area contributed by atoms with Gasteiger partial charge < -0.3 is 20.2 Å². The summed E-state index contributed by atoms with van der Waals surface area (Å²) in [6, 6.07) is 5.05. The molecule has 1 aromatic heterocycles. The Morgan fingerprint density at radius 1 is 1.53 bits per heavy atom. The van der Waals surface area contributed by atoms with Crippen LogP contribution >= 0.6 is 0 Å². The number of nitrogens with two attached hydrogens (primary N) is 1. The van der Waals surface area contributed by atoms with Gasteiger partial charge in [-0.05, 0) is 19.1 Å². The number of nitrogens with zero attached hydrogens (tertiary/aromatic N) is 1. The maximum absolute atomic E-state index is 12.1. The van der Waals surface area contributed by atoms with Crippen molar-refractivity contribution in [1.82, 2.24) is 10.3 Å². The Kier molecular flexibility index (Phi) is 3.70. The minimum Gasteiger partial charge on any atom is -0.496 e. The minimum absolute atomic E-state index is 0.199. The van der Waals surface area contributed by atoms with Crippen LogP contribution in [0.1, 0.15) is 22.0 Å². The molecule has 0 aliphatic heterocycles. The molecule has 0 spiro atoms. The Hall–Kier alpha value is -2.50. The molecule has 19 heavy (non-hydrogen) atoms. The lowest BCUT2D eigenvalue weighted by atomic mass is 10.1. The van der Waals surface area contributed by atoms with E-state index in [9.17, 15) is 4.79 Å². The van der Waals surface area contributed by atoms with Crippen molar-refractivity contribution in [2.45, 2.75) is 13.5 Å². The summed E-state index contributed by atoms with van der Waals surface area (Å²) in [5.74, 6) is 1.24. The number of methoxy groups -OCH3 is 1. The van der Waals surface area contributed by atoms with Crippen LogP contribution in [0.15, 0.2) is 28.8 Å². The molecule has 0 bridgehead atoms. The summed E-state index contributed by atoms with van der Waals surface area (Å²) in [6.45, 7) is 1.99. The first-order chi connectivity index (χ1) is 9.11. The molecule has 6 nitrogen and oxygen atoms in total. The maximum atomic E-state index is 12.1. The first-order valence-electron chi connectivity index (χ1n) is 5.74. The number of hydrogen-bond donors (Lipinski definition) is 2. The molecule has 0 aliphatic rings. The third kappa shape index (κ3) is 2.85. The van der Waals surface area contributed by atoms with E-state index in [4.69, 9.17) is 14.9 Å². The van der Waals surface area contributed by atoms with Crippen molar-refractivity contribution < 1.29 is 13.9 Å². The van der Waals surface area contributed by atoms with E-state index in [2.05, 4.69) is 10.3 Å². The summed E-state index contributed by atoms with van der Waals surface area (Å²) in [5, 5.41) is 2.69. The quantitative estimate of drug-likeness (QED) is 0.814. The van der Waals surface area contributed by atoms with Gasteiger partial charge in [-0.3, -0.25) is 4.79 Å². The van der Waals surface area contributed by atoms with Gasteiger partial charge in [0.2, 0.25) is 5.89 Å². The number of oxazole rings is 1. The second-order valence-corrected chi connectivity index (χ2v) is 3.97. The van der Waals surface area contributed by atoms with E-state index in [1.807, 2.05) is 0 Å². The van der Waals surface area contributed by atoms with E-state index in [0.29, 0.717) is 28.7 Å². The van der Waals surface area contributed by atoms with E-state index < -0.39 is 0 Å². The van der Waals surface area contributed by atoms with Crippen molar-refractivity contribution in [3.05, 3.63) is 41.6 Å². The highest BCUT2D eigenvalue weighted by Crippen LogP contribution is 2.23. The highest BCUT2D eigenvalue weighted by Gasteiger charge is 2.16. The number of carbonyl (C=O) groups excluding carboxylic acids is 1. The van der Waals surface area contributed by atoms with E-state index in [0.717, 1.165) is 0 Å². The van der Waals surface area contributed by atoms with E-state index in [1.165, 1.54) is 7.11 Å². The maximum Gasteiger partial charge on any atom is 0.257 e. The number of hydrogen-bond acceptors (Lipinski definition) is 5. The normalized spacial score (nSPS) is 10.2. The number of anilines is 1. The molecular formula is C13H15N3O3. The average Bonchev–Trinajstić information content (AvgIpc) is 2.81. The highest BCUT2D eigenvalue weighted by atomic mass is 16.5. The Morgan fingerprint density at radius 3 is 2.95 bits per heavy atom. The fourth-order valence-electron chi connectivity index (χ4n) is 1.69. The SMILES string of the molecule is COc1cccc(N)c1C(=O)NCc1ncc(C)o1. The zero-order valence-corrected chi connectivity index (χ0v) is 10.8.